The maximum Gasteiger partial charge on any atom is 0.141 e. The lowest BCUT2D eigenvalue weighted by Gasteiger charge is -2.17. The van der Waals surface area contributed by atoms with E-state index in [9.17, 15) is 0 Å². The van der Waals surface area contributed by atoms with E-state index >= 15 is 0 Å². The lowest BCUT2D eigenvalue weighted by Crippen LogP contribution is -2.14. The normalized spacial score (nSPS) is 18.8. The molecule has 2 rings (SSSR count). The van der Waals surface area contributed by atoms with E-state index in [-0.39, 0.29) is 6.10 Å². The summed E-state index contributed by atoms with van der Waals surface area (Å²) in [7, 11) is 0. The third-order valence-corrected chi connectivity index (χ3v) is 3.23. The van der Waals surface area contributed by atoms with Gasteiger partial charge in [-0.1, -0.05) is 17.7 Å². The van der Waals surface area contributed by atoms with Crippen LogP contribution >= 0.6 is 11.6 Å². The first-order valence-electron chi connectivity index (χ1n) is 5.35. The first-order chi connectivity index (χ1) is 7.44. The molecular weight excluding hydrogens is 222 g/mol. The molecule has 1 heterocycles. The number of ether oxygens (including phenoxy) is 1. The predicted octanol–water partition coefficient (Wildman–Crippen LogP) is 3.46. The minimum atomic E-state index is -0.509. The molecular formula is C13H14ClNO. The van der Waals surface area contributed by atoms with E-state index < -0.39 is 5.41 Å². The van der Waals surface area contributed by atoms with Gasteiger partial charge >= 0.3 is 0 Å². The molecule has 0 aromatic heterocycles. The number of nitriles is 1. The van der Waals surface area contributed by atoms with E-state index in [1.807, 2.05) is 32.9 Å². The van der Waals surface area contributed by atoms with Gasteiger partial charge in [0.15, 0.2) is 0 Å². The monoisotopic (exact) mass is 235 g/mol. The molecule has 1 aromatic carbocycles. The van der Waals surface area contributed by atoms with E-state index in [0.29, 0.717) is 5.02 Å². The molecule has 0 radical (unpaired) electrons. The summed E-state index contributed by atoms with van der Waals surface area (Å²) in [4.78, 5) is 0. The summed E-state index contributed by atoms with van der Waals surface area (Å²) >= 11 is 6.17. The Morgan fingerprint density at radius 3 is 2.81 bits per heavy atom. The number of nitrogens with zero attached hydrogens (tertiary/aromatic N) is 1. The second-order valence-corrected chi connectivity index (χ2v) is 5.22. The Hall–Kier alpha value is -1.20. The van der Waals surface area contributed by atoms with Crippen LogP contribution in [0.25, 0.3) is 0 Å². The van der Waals surface area contributed by atoms with Gasteiger partial charge in [0, 0.05) is 6.42 Å². The van der Waals surface area contributed by atoms with Gasteiger partial charge in [-0.25, -0.2) is 0 Å². The molecule has 0 bridgehead atoms. The summed E-state index contributed by atoms with van der Waals surface area (Å²) in [5, 5.41) is 9.73. The molecule has 0 aliphatic carbocycles. The topological polar surface area (TPSA) is 33.0 Å². The van der Waals surface area contributed by atoms with Crippen LogP contribution in [0.2, 0.25) is 5.02 Å². The van der Waals surface area contributed by atoms with Gasteiger partial charge in [-0.05, 0) is 38.0 Å². The highest BCUT2D eigenvalue weighted by Crippen LogP contribution is 2.39. The Morgan fingerprint density at radius 2 is 2.19 bits per heavy atom. The van der Waals surface area contributed by atoms with Crippen LogP contribution in [0, 0.1) is 11.3 Å². The molecule has 84 valence electrons. The molecule has 1 aliphatic heterocycles. The average molecular weight is 236 g/mol. The van der Waals surface area contributed by atoms with Crippen molar-refractivity contribution < 1.29 is 4.74 Å². The molecule has 1 aliphatic rings. The van der Waals surface area contributed by atoms with Crippen molar-refractivity contribution >= 4 is 11.6 Å². The van der Waals surface area contributed by atoms with Crippen LogP contribution in [-0.2, 0) is 11.8 Å². The van der Waals surface area contributed by atoms with Gasteiger partial charge in [0.1, 0.15) is 11.9 Å². The molecule has 0 N–H and O–H groups in total. The molecule has 16 heavy (non-hydrogen) atoms. The Kier molecular flexibility index (Phi) is 2.59. The fourth-order valence-corrected chi connectivity index (χ4v) is 2.20. The third kappa shape index (κ3) is 1.76. The van der Waals surface area contributed by atoms with Crippen molar-refractivity contribution in [3.05, 3.63) is 28.3 Å². The maximum absolute atomic E-state index is 9.11. The van der Waals surface area contributed by atoms with Crippen LogP contribution in [0.5, 0.6) is 5.75 Å². The molecule has 3 heteroatoms. The summed E-state index contributed by atoms with van der Waals surface area (Å²) in [5.41, 5.74) is 1.56. The SMILES string of the molecule is CC1Cc2cc(C(C)(C)C#N)cc(Cl)c2O1. The Bertz CT molecular complexity index is 474. The largest absolute Gasteiger partial charge is 0.489 e. The zero-order valence-electron chi connectivity index (χ0n) is 9.67. The highest BCUT2D eigenvalue weighted by atomic mass is 35.5. The summed E-state index contributed by atoms with van der Waals surface area (Å²) in [6, 6.07) is 6.16. The standard InChI is InChI=1S/C13H14ClNO/c1-8-4-9-5-10(13(2,3)7-15)6-11(14)12(9)16-8/h5-6,8H,4H2,1-3H3. The van der Waals surface area contributed by atoms with Gasteiger partial charge < -0.3 is 4.74 Å². The quantitative estimate of drug-likeness (QED) is 0.747. The number of halogens is 1. The molecule has 0 spiro atoms. The van der Waals surface area contributed by atoms with Crippen LogP contribution in [0.3, 0.4) is 0 Å². The summed E-state index contributed by atoms with van der Waals surface area (Å²) in [6.07, 6.45) is 1.04. The minimum Gasteiger partial charge on any atom is -0.489 e. The summed E-state index contributed by atoms with van der Waals surface area (Å²) in [6.45, 7) is 5.81. The van der Waals surface area contributed by atoms with Gasteiger partial charge in [0.05, 0.1) is 16.5 Å². The summed E-state index contributed by atoms with van der Waals surface area (Å²) in [5.74, 6) is 0.784. The van der Waals surface area contributed by atoms with E-state index in [2.05, 4.69) is 6.07 Å². The fraction of sp³-hybridized carbons (Fsp3) is 0.462. The Balaban J connectivity index is 2.51. The third-order valence-electron chi connectivity index (χ3n) is 2.95. The van der Waals surface area contributed by atoms with Gasteiger partial charge in [0.2, 0.25) is 0 Å². The van der Waals surface area contributed by atoms with Gasteiger partial charge in [-0.3, -0.25) is 0 Å². The molecule has 0 saturated carbocycles. The van der Waals surface area contributed by atoms with E-state index in [4.69, 9.17) is 21.6 Å². The van der Waals surface area contributed by atoms with Crippen LogP contribution in [0.1, 0.15) is 31.9 Å². The second kappa shape index (κ2) is 3.68. The molecule has 2 nitrogen and oxygen atoms in total. The maximum atomic E-state index is 9.11. The number of benzene rings is 1. The van der Waals surface area contributed by atoms with Crippen molar-refractivity contribution in [3.8, 4) is 11.8 Å². The van der Waals surface area contributed by atoms with E-state index in [0.717, 1.165) is 23.3 Å². The lowest BCUT2D eigenvalue weighted by atomic mass is 9.85. The van der Waals surface area contributed by atoms with Crippen molar-refractivity contribution in [3.63, 3.8) is 0 Å². The first-order valence-corrected chi connectivity index (χ1v) is 5.72. The van der Waals surface area contributed by atoms with Crippen molar-refractivity contribution in [2.75, 3.05) is 0 Å². The first kappa shape index (κ1) is 11.3. The van der Waals surface area contributed by atoms with Crippen LogP contribution in [0.15, 0.2) is 12.1 Å². The van der Waals surface area contributed by atoms with Crippen molar-refractivity contribution in [1.82, 2.24) is 0 Å². The molecule has 0 fully saturated rings. The molecule has 0 saturated heterocycles. The van der Waals surface area contributed by atoms with Crippen molar-refractivity contribution in [1.29, 1.82) is 5.26 Å². The fourth-order valence-electron chi connectivity index (χ4n) is 1.91. The highest BCUT2D eigenvalue weighted by Gasteiger charge is 2.27. The number of hydrogen-bond acceptors (Lipinski definition) is 2. The molecule has 1 atom stereocenters. The van der Waals surface area contributed by atoms with Gasteiger partial charge in [0.25, 0.3) is 0 Å². The predicted molar refractivity (Wildman–Crippen MR) is 63.9 cm³/mol. The number of rotatable bonds is 1. The van der Waals surface area contributed by atoms with Crippen LogP contribution in [-0.4, -0.2) is 6.10 Å². The second-order valence-electron chi connectivity index (χ2n) is 4.82. The smallest absolute Gasteiger partial charge is 0.141 e. The van der Waals surface area contributed by atoms with Crippen LogP contribution in [0.4, 0.5) is 0 Å². The van der Waals surface area contributed by atoms with E-state index in [1.54, 1.807) is 0 Å². The van der Waals surface area contributed by atoms with E-state index in [1.165, 1.54) is 0 Å². The number of hydrogen-bond donors (Lipinski definition) is 0. The summed E-state index contributed by atoms with van der Waals surface area (Å²) < 4.78 is 5.62. The zero-order chi connectivity index (χ0) is 11.9. The lowest BCUT2D eigenvalue weighted by molar-refractivity contribution is 0.255. The molecule has 1 aromatic rings. The zero-order valence-corrected chi connectivity index (χ0v) is 10.4. The Labute approximate surface area is 101 Å². The minimum absolute atomic E-state index is 0.174. The van der Waals surface area contributed by atoms with Crippen molar-refractivity contribution in [2.24, 2.45) is 0 Å². The van der Waals surface area contributed by atoms with Crippen LogP contribution < -0.4 is 4.74 Å². The van der Waals surface area contributed by atoms with Gasteiger partial charge in [-0.15, -0.1) is 0 Å². The number of fused-ring (bicyclic) bond motifs is 1. The van der Waals surface area contributed by atoms with Crippen molar-refractivity contribution in [2.45, 2.75) is 38.7 Å². The Morgan fingerprint density at radius 1 is 1.50 bits per heavy atom. The molecule has 0 amide bonds. The van der Waals surface area contributed by atoms with Gasteiger partial charge in [-0.2, -0.15) is 5.26 Å². The average Bonchev–Trinajstić information content (AvgIpc) is 2.59. The molecule has 1 unspecified atom stereocenters. The highest BCUT2D eigenvalue weighted by molar-refractivity contribution is 6.32.